The van der Waals surface area contributed by atoms with Crippen molar-refractivity contribution < 1.29 is 19.6 Å². The first-order valence-corrected chi connectivity index (χ1v) is 9.22. The van der Waals surface area contributed by atoms with E-state index >= 15 is 0 Å². The number of hydrogen-bond acceptors (Lipinski definition) is 8. The highest BCUT2D eigenvalue weighted by Crippen LogP contribution is 2.23. The van der Waals surface area contributed by atoms with Crippen LogP contribution in [0.1, 0.15) is 33.6 Å². The number of nitrogens with one attached hydrogen (secondary N) is 2. The molecule has 2 aromatic heterocycles. The number of nitrogens with zero attached hydrogens (tertiary/aromatic N) is 4. The Morgan fingerprint density at radius 2 is 2.03 bits per heavy atom. The van der Waals surface area contributed by atoms with Gasteiger partial charge in [0, 0.05) is 30.3 Å². The summed E-state index contributed by atoms with van der Waals surface area (Å²) in [5.41, 5.74) is 1.86. The summed E-state index contributed by atoms with van der Waals surface area (Å²) in [6.45, 7) is 1.43. The molecule has 29 heavy (non-hydrogen) atoms. The minimum absolute atomic E-state index is 0.0133. The number of rotatable bonds is 5. The summed E-state index contributed by atoms with van der Waals surface area (Å²) in [5.74, 6) is 0.495. The van der Waals surface area contributed by atoms with Crippen LogP contribution in [0.4, 0.5) is 5.82 Å². The van der Waals surface area contributed by atoms with Gasteiger partial charge in [-0.05, 0) is 30.4 Å². The second-order valence-corrected chi connectivity index (χ2v) is 6.87. The van der Waals surface area contributed by atoms with Crippen LogP contribution in [0.2, 0.25) is 0 Å². The van der Waals surface area contributed by atoms with E-state index in [1.165, 1.54) is 24.5 Å². The summed E-state index contributed by atoms with van der Waals surface area (Å²) >= 11 is 0. The number of aromatic nitrogens is 4. The number of anilines is 1. The summed E-state index contributed by atoms with van der Waals surface area (Å²) in [7, 11) is -1.76. The molecule has 148 valence electrons. The lowest BCUT2D eigenvalue weighted by molar-refractivity contribution is 0.0931. The summed E-state index contributed by atoms with van der Waals surface area (Å²) in [5, 5.41) is 21.5. The smallest absolute Gasteiger partial charge is 0.423 e. The Bertz CT molecular complexity index is 1050. The molecule has 0 aliphatic carbocycles. The highest BCUT2D eigenvalue weighted by Gasteiger charge is 2.24. The molecule has 11 heteroatoms. The molecule has 1 aliphatic heterocycles. The molecule has 0 saturated carbocycles. The molecule has 3 heterocycles. The lowest BCUT2D eigenvalue weighted by atomic mass is 9.77. The number of aldehydes is 1. The molecular formula is C18H19BN6O4. The van der Waals surface area contributed by atoms with Gasteiger partial charge in [-0.3, -0.25) is 9.59 Å². The monoisotopic (exact) mass is 394 g/mol. The Labute approximate surface area is 166 Å². The maximum absolute atomic E-state index is 12.6. The normalized spacial score (nSPS) is 14.8. The molecular weight excluding hydrogens is 375 g/mol. The highest BCUT2D eigenvalue weighted by atomic mass is 16.4. The molecule has 3 aromatic rings. The Balaban J connectivity index is 1.40. The first-order valence-electron chi connectivity index (χ1n) is 9.22. The fraction of sp³-hybridized carbons (Fsp3) is 0.278. The van der Waals surface area contributed by atoms with Crippen LogP contribution in [0.15, 0.2) is 30.9 Å². The van der Waals surface area contributed by atoms with E-state index < -0.39 is 7.12 Å². The minimum atomic E-state index is -1.76. The second-order valence-electron chi connectivity index (χ2n) is 6.87. The molecule has 4 rings (SSSR count). The molecule has 0 atom stereocenters. The van der Waals surface area contributed by atoms with Crippen molar-refractivity contribution in [3.8, 4) is 0 Å². The number of carbonyl (C=O) groups excluding carboxylic acids is 2. The zero-order valence-electron chi connectivity index (χ0n) is 15.4. The van der Waals surface area contributed by atoms with Gasteiger partial charge in [-0.15, -0.1) is 0 Å². The third-order valence-electron chi connectivity index (χ3n) is 5.09. The molecule has 0 unspecified atom stereocenters. The van der Waals surface area contributed by atoms with Crippen LogP contribution in [0, 0.1) is 0 Å². The Morgan fingerprint density at radius 3 is 2.76 bits per heavy atom. The number of amides is 1. The number of carbonyl (C=O) groups is 2. The van der Waals surface area contributed by atoms with Crippen LogP contribution in [0.5, 0.6) is 0 Å². The highest BCUT2D eigenvalue weighted by molar-refractivity contribution is 6.60. The lowest BCUT2D eigenvalue weighted by Gasteiger charge is -2.33. The van der Waals surface area contributed by atoms with Crippen molar-refractivity contribution in [2.75, 3.05) is 18.0 Å². The van der Waals surface area contributed by atoms with Crippen LogP contribution in [-0.2, 0) is 0 Å². The van der Waals surface area contributed by atoms with Crippen molar-refractivity contribution in [1.29, 1.82) is 0 Å². The number of piperidine rings is 1. The number of benzene rings is 1. The van der Waals surface area contributed by atoms with E-state index in [-0.39, 0.29) is 23.0 Å². The predicted molar refractivity (Wildman–Crippen MR) is 106 cm³/mol. The van der Waals surface area contributed by atoms with Crippen molar-refractivity contribution >= 4 is 41.8 Å². The van der Waals surface area contributed by atoms with Crippen molar-refractivity contribution in [3.05, 3.63) is 42.0 Å². The van der Waals surface area contributed by atoms with Gasteiger partial charge in [0.15, 0.2) is 11.5 Å². The molecule has 0 radical (unpaired) electrons. The van der Waals surface area contributed by atoms with Gasteiger partial charge in [-0.2, -0.15) is 0 Å². The molecule has 0 bridgehead atoms. The molecule has 4 N–H and O–H groups in total. The SMILES string of the molecule is O=Cc1cc(C(=O)NC2CCN(c3ncnc4nc[nH]c34)CC2)ccc1B(O)O. The summed E-state index contributed by atoms with van der Waals surface area (Å²) < 4.78 is 0. The lowest BCUT2D eigenvalue weighted by Crippen LogP contribution is -2.45. The van der Waals surface area contributed by atoms with Gasteiger partial charge in [0.1, 0.15) is 18.1 Å². The van der Waals surface area contributed by atoms with Gasteiger partial charge in [0.2, 0.25) is 0 Å². The van der Waals surface area contributed by atoms with Crippen LogP contribution in [-0.4, -0.2) is 68.4 Å². The van der Waals surface area contributed by atoms with E-state index in [0.29, 0.717) is 30.6 Å². The molecule has 1 saturated heterocycles. The van der Waals surface area contributed by atoms with Crippen molar-refractivity contribution in [1.82, 2.24) is 25.3 Å². The first-order chi connectivity index (χ1) is 14.1. The maximum Gasteiger partial charge on any atom is 0.489 e. The number of H-pyrrole nitrogens is 1. The van der Waals surface area contributed by atoms with E-state index in [1.54, 1.807) is 6.33 Å². The maximum atomic E-state index is 12.6. The third kappa shape index (κ3) is 3.82. The number of hydrogen-bond donors (Lipinski definition) is 4. The summed E-state index contributed by atoms with van der Waals surface area (Å²) in [6, 6.07) is 4.20. The van der Waals surface area contributed by atoms with E-state index in [1.807, 2.05) is 0 Å². The molecule has 1 aliphatic rings. The number of fused-ring (bicyclic) bond motifs is 1. The van der Waals surface area contributed by atoms with Crippen LogP contribution >= 0.6 is 0 Å². The molecule has 10 nitrogen and oxygen atoms in total. The predicted octanol–water partition coefficient (Wildman–Crippen LogP) is -0.756. The summed E-state index contributed by atoms with van der Waals surface area (Å²) in [6.07, 6.45) is 5.05. The van der Waals surface area contributed by atoms with E-state index in [4.69, 9.17) is 0 Å². The van der Waals surface area contributed by atoms with E-state index in [2.05, 4.69) is 30.2 Å². The summed E-state index contributed by atoms with van der Waals surface area (Å²) in [4.78, 5) is 41.5. The Kier molecular flexibility index (Phi) is 5.23. The van der Waals surface area contributed by atoms with Gasteiger partial charge in [-0.1, -0.05) is 6.07 Å². The standard InChI is InChI=1S/C18H19BN6O4/c26-8-12-7-11(1-2-14(12)19(28)29)18(27)24-13-3-5-25(6-4-13)17-15-16(21-9-20-15)22-10-23-17/h1-2,7-10,13,28-29H,3-6H2,(H,24,27)(H,20,21,22,23). The quantitative estimate of drug-likeness (QED) is 0.327. The van der Waals surface area contributed by atoms with Crippen LogP contribution < -0.4 is 15.7 Å². The van der Waals surface area contributed by atoms with Gasteiger partial charge in [0.25, 0.3) is 5.91 Å². The van der Waals surface area contributed by atoms with Crippen molar-refractivity contribution in [2.45, 2.75) is 18.9 Å². The van der Waals surface area contributed by atoms with E-state index in [9.17, 15) is 19.6 Å². The molecule has 1 aromatic carbocycles. The fourth-order valence-corrected chi connectivity index (χ4v) is 3.55. The van der Waals surface area contributed by atoms with Crippen molar-refractivity contribution in [3.63, 3.8) is 0 Å². The van der Waals surface area contributed by atoms with Gasteiger partial charge in [0.05, 0.1) is 6.33 Å². The number of imidazole rings is 1. The van der Waals surface area contributed by atoms with Crippen LogP contribution in [0.3, 0.4) is 0 Å². The third-order valence-corrected chi connectivity index (χ3v) is 5.09. The Hall–Kier alpha value is -3.31. The number of aromatic amines is 1. The zero-order valence-corrected chi connectivity index (χ0v) is 15.4. The average molecular weight is 394 g/mol. The molecule has 1 amide bonds. The largest absolute Gasteiger partial charge is 0.489 e. The first kappa shape index (κ1) is 19.0. The topological polar surface area (TPSA) is 144 Å². The Morgan fingerprint density at radius 1 is 1.24 bits per heavy atom. The fourth-order valence-electron chi connectivity index (χ4n) is 3.55. The van der Waals surface area contributed by atoms with E-state index in [0.717, 1.165) is 24.2 Å². The van der Waals surface area contributed by atoms with Crippen LogP contribution in [0.25, 0.3) is 11.2 Å². The van der Waals surface area contributed by atoms with Gasteiger partial charge >= 0.3 is 7.12 Å². The minimum Gasteiger partial charge on any atom is -0.423 e. The molecule has 1 fully saturated rings. The zero-order chi connectivity index (χ0) is 20.4. The van der Waals surface area contributed by atoms with Gasteiger partial charge < -0.3 is 25.2 Å². The average Bonchev–Trinajstić information content (AvgIpc) is 3.22. The molecule has 0 spiro atoms. The van der Waals surface area contributed by atoms with Crippen molar-refractivity contribution in [2.24, 2.45) is 0 Å². The van der Waals surface area contributed by atoms with Gasteiger partial charge in [-0.25, -0.2) is 15.0 Å². The second kappa shape index (κ2) is 7.98.